The number of rotatable bonds is 3. The summed E-state index contributed by atoms with van der Waals surface area (Å²) >= 11 is 7.52. The van der Waals surface area contributed by atoms with Crippen molar-refractivity contribution in [3.05, 3.63) is 33.6 Å². The third-order valence-corrected chi connectivity index (χ3v) is 3.23. The van der Waals surface area contributed by atoms with E-state index in [0.29, 0.717) is 0 Å². The Bertz CT molecular complexity index is 381. The first-order valence-electron chi connectivity index (χ1n) is 4.21. The SMILES string of the molecule is Cn1nccc1NCc1ccsc1Cl. The van der Waals surface area contributed by atoms with E-state index in [4.69, 9.17) is 11.6 Å². The Balaban J connectivity index is 2.02. The van der Waals surface area contributed by atoms with E-state index in [9.17, 15) is 0 Å². The number of hydrogen-bond acceptors (Lipinski definition) is 3. The maximum Gasteiger partial charge on any atom is 0.124 e. The van der Waals surface area contributed by atoms with Crippen molar-refractivity contribution in [3.63, 3.8) is 0 Å². The predicted octanol–water partition coefficient (Wildman–Crippen LogP) is 2.75. The number of nitrogens with one attached hydrogen (secondary N) is 1. The topological polar surface area (TPSA) is 29.9 Å². The highest BCUT2D eigenvalue weighted by Crippen LogP contribution is 2.23. The first kappa shape index (κ1) is 9.55. The zero-order chi connectivity index (χ0) is 9.97. The van der Waals surface area contributed by atoms with Gasteiger partial charge in [-0.3, -0.25) is 4.68 Å². The number of aromatic nitrogens is 2. The van der Waals surface area contributed by atoms with Crippen LogP contribution in [-0.2, 0) is 13.6 Å². The fourth-order valence-corrected chi connectivity index (χ4v) is 2.11. The van der Waals surface area contributed by atoms with E-state index in [0.717, 1.165) is 22.3 Å². The van der Waals surface area contributed by atoms with Gasteiger partial charge in [0.2, 0.25) is 0 Å². The van der Waals surface area contributed by atoms with Gasteiger partial charge < -0.3 is 5.32 Å². The van der Waals surface area contributed by atoms with Crippen molar-refractivity contribution in [2.45, 2.75) is 6.54 Å². The van der Waals surface area contributed by atoms with Crippen LogP contribution in [0.3, 0.4) is 0 Å². The first-order valence-corrected chi connectivity index (χ1v) is 5.47. The molecule has 0 spiro atoms. The maximum absolute atomic E-state index is 5.98. The fourth-order valence-electron chi connectivity index (χ4n) is 1.18. The zero-order valence-corrected chi connectivity index (χ0v) is 9.27. The molecule has 14 heavy (non-hydrogen) atoms. The van der Waals surface area contributed by atoms with Gasteiger partial charge in [-0.1, -0.05) is 11.6 Å². The quantitative estimate of drug-likeness (QED) is 0.874. The predicted molar refractivity (Wildman–Crippen MR) is 59.9 cm³/mol. The maximum atomic E-state index is 5.98. The summed E-state index contributed by atoms with van der Waals surface area (Å²) < 4.78 is 2.64. The van der Waals surface area contributed by atoms with Gasteiger partial charge in [0.05, 0.1) is 10.5 Å². The van der Waals surface area contributed by atoms with Crippen molar-refractivity contribution in [1.29, 1.82) is 0 Å². The van der Waals surface area contributed by atoms with Crippen LogP contribution >= 0.6 is 22.9 Å². The third kappa shape index (κ3) is 1.91. The largest absolute Gasteiger partial charge is 0.366 e. The number of aryl methyl sites for hydroxylation is 1. The number of halogens is 1. The molecule has 1 N–H and O–H groups in total. The first-order chi connectivity index (χ1) is 6.77. The molecule has 2 aromatic rings. The van der Waals surface area contributed by atoms with Crippen molar-refractivity contribution >= 4 is 28.8 Å². The number of hydrogen-bond donors (Lipinski definition) is 1. The van der Waals surface area contributed by atoms with Crippen LogP contribution in [0, 0.1) is 0 Å². The van der Waals surface area contributed by atoms with Crippen LogP contribution in [0.2, 0.25) is 4.34 Å². The zero-order valence-electron chi connectivity index (χ0n) is 7.70. The van der Waals surface area contributed by atoms with E-state index in [-0.39, 0.29) is 0 Å². The van der Waals surface area contributed by atoms with Gasteiger partial charge in [-0.15, -0.1) is 11.3 Å². The highest BCUT2D eigenvalue weighted by Gasteiger charge is 2.02. The molecule has 2 aromatic heterocycles. The van der Waals surface area contributed by atoms with Crippen molar-refractivity contribution in [2.24, 2.45) is 7.05 Å². The lowest BCUT2D eigenvalue weighted by Gasteiger charge is -2.04. The summed E-state index contributed by atoms with van der Waals surface area (Å²) in [7, 11) is 1.90. The molecule has 0 fully saturated rings. The van der Waals surface area contributed by atoms with Crippen LogP contribution in [0.5, 0.6) is 0 Å². The van der Waals surface area contributed by atoms with Gasteiger partial charge in [0.1, 0.15) is 5.82 Å². The Morgan fingerprint density at radius 1 is 1.57 bits per heavy atom. The molecule has 5 heteroatoms. The standard InChI is InChI=1S/C9H10ClN3S/c1-13-8(2-4-12-13)11-6-7-3-5-14-9(7)10/h2-5,11H,6H2,1H3. The van der Waals surface area contributed by atoms with Gasteiger partial charge in [0.25, 0.3) is 0 Å². The summed E-state index contributed by atoms with van der Waals surface area (Å²) in [5, 5.41) is 9.31. The summed E-state index contributed by atoms with van der Waals surface area (Å²) in [5.74, 6) is 0.993. The summed E-state index contributed by atoms with van der Waals surface area (Å²) in [4.78, 5) is 0. The summed E-state index contributed by atoms with van der Waals surface area (Å²) in [6.45, 7) is 0.738. The highest BCUT2D eigenvalue weighted by molar-refractivity contribution is 7.14. The fraction of sp³-hybridized carbons (Fsp3) is 0.222. The third-order valence-electron chi connectivity index (χ3n) is 1.97. The van der Waals surface area contributed by atoms with Gasteiger partial charge in [-0.05, 0) is 11.4 Å². The van der Waals surface area contributed by atoms with Crippen LogP contribution in [-0.4, -0.2) is 9.78 Å². The highest BCUT2D eigenvalue weighted by atomic mass is 35.5. The van der Waals surface area contributed by atoms with Crippen LogP contribution in [0.15, 0.2) is 23.7 Å². The molecule has 0 amide bonds. The minimum atomic E-state index is 0.738. The molecular formula is C9H10ClN3S. The molecule has 0 radical (unpaired) electrons. The van der Waals surface area contributed by atoms with Gasteiger partial charge in [-0.2, -0.15) is 5.10 Å². The van der Waals surface area contributed by atoms with E-state index in [1.54, 1.807) is 22.2 Å². The summed E-state index contributed by atoms with van der Waals surface area (Å²) in [6.07, 6.45) is 1.76. The van der Waals surface area contributed by atoms with Crippen LogP contribution in [0.4, 0.5) is 5.82 Å². The molecular weight excluding hydrogens is 218 g/mol. The molecule has 0 atom stereocenters. The minimum absolute atomic E-state index is 0.738. The van der Waals surface area contributed by atoms with Gasteiger partial charge in [0, 0.05) is 25.2 Å². The normalized spacial score (nSPS) is 10.4. The molecule has 0 aliphatic carbocycles. The Kier molecular flexibility index (Phi) is 2.74. The number of thiophene rings is 1. The molecule has 0 saturated heterocycles. The van der Waals surface area contributed by atoms with Crippen LogP contribution in [0.1, 0.15) is 5.56 Å². The Labute approximate surface area is 91.3 Å². The van der Waals surface area contributed by atoms with E-state index in [1.807, 2.05) is 24.6 Å². The van der Waals surface area contributed by atoms with Crippen molar-refractivity contribution in [2.75, 3.05) is 5.32 Å². The van der Waals surface area contributed by atoms with E-state index in [2.05, 4.69) is 10.4 Å². The molecule has 0 bridgehead atoms. The lowest BCUT2D eigenvalue weighted by molar-refractivity contribution is 0.769. The van der Waals surface area contributed by atoms with Crippen molar-refractivity contribution in [1.82, 2.24) is 9.78 Å². The van der Waals surface area contributed by atoms with Gasteiger partial charge in [-0.25, -0.2) is 0 Å². The Morgan fingerprint density at radius 3 is 3.00 bits per heavy atom. The summed E-state index contributed by atoms with van der Waals surface area (Å²) in [5.41, 5.74) is 1.12. The molecule has 0 unspecified atom stereocenters. The molecule has 2 heterocycles. The van der Waals surface area contributed by atoms with Crippen LogP contribution in [0.25, 0.3) is 0 Å². The number of anilines is 1. The Morgan fingerprint density at radius 2 is 2.43 bits per heavy atom. The Hall–Kier alpha value is -1.00. The number of nitrogens with zero attached hydrogens (tertiary/aromatic N) is 2. The lowest BCUT2D eigenvalue weighted by Crippen LogP contribution is -2.03. The molecule has 0 saturated carbocycles. The van der Waals surface area contributed by atoms with E-state index in [1.165, 1.54) is 0 Å². The van der Waals surface area contributed by atoms with Gasteiger partial charge in [0.15, 0.2) is 0 Å². The molecule has 74 valence electrons. The molecule has 0 aliphatic rings. The van der Waals surface area contributed by atoms with Crippen LogP contribution < -0.4 is 5.32 Å². The molecule has 0 aliphatic heterocycles. The molecule has 3 nitrogen and oxygen atoms in total. The minimum Gasteiger partial charge on any atom is -0.366 e. The average molecular weight is 228 g/mol. The average Bonchev–Trinajstić information content (AvgIpc) is 2.72. The molecule has 0 aromatic carbocycles. The second-order valence-corrected chi connectivity index (χ2v) is 4.43. The molecule has 2 rings (SSSR count). The second-order valence-electron chi connectivity index (χ2n) is 2.91. The van der Waals surface area contributed by atoms with Crippen molar-refractivity contribution in [3.8, 4) is 0 Å². The van der Waals surface area contributed by atoms with E-state index < -0.39 is 0 Å². The monoisotopic (exact) mass is 227 g/mol. The summed E-state index contributed by atoms with van der Waals surface area (Å²) in [6, 6.07) is 3.96. The van der Waals surface area contributed by atoms with Gasteiger partial charge >= 0.3 is 0 Å². The van der Waals surface area contributed by atoms with E-state index >= 15 is 0 Å². The smallest absolute Gasteiger partial charge is 0.124 e. The van der Waals surface area contributed by atoms with Crippen molar-refractivity contribution < 1.29 is 0 Å². The lowest BCUT2D eigenvalue weighted by atomic mass is 10.3. The second kappa shape index (κ2) is 4.02.